The van der Waals surface area contributed by atoms with Gasteiger partial charge in [0, 0.05) is 18.7 Å². The summed E-state index contributed by atoms with van der Waals surface area (Å²) in [5.74, 6) is -2.20. The van der Waals surface area contributed by atoms with Crippen LogP contribution in [0.5, 0.6) is 11.5 Å². The zero-order chi connectivity index (χ0) is 22.7. The van der Waals surface area contributed by atoms with E-state index in [-0.39, 0.29) is 46.1 Å². The zero-order valence-corrected chi connectivity index (χ0v) is 19.2. The molecule has 0 aliphatic carbocycles. The van der Waals surface area contributed by atoms with E-state index in [0.717, 1.165) is 30.3 Å². The minimum atomic E-state index is -4.62. The van der Waals surface area contributed by atoms with E-state index in [4.69, 9.17) is 20.9 Å². The first-order chi connectivity index (χ1) is 13.8. The Hall–Kier alpha value is -1.90. The van der Waals surface area contributed by atoms with E-state index in [9.17, 15) is 36.5 Å². The van der Waals surface area contributed by atoms with Crippen molar-refractivity contribution in [3.63, 3.8) is 0 Å². The molecule has 9 nitrogen and oxygen atoms in total. The van der Waals surface area contributed by atoms with Gasteiger partial charge in [-0.05, 0) is 24.3 Å². The average molecular weight is 492 g/mol. The number of halogens is 4. The molecule has 0 unspecified atom stereocenters. The van der Waals surface area contributed by atoms with Crippen LogP contribution in [-0.2, 0) is 16.3 Å². The van der Waals surface area contributed by atoms with Crippen LogP contribution in [0, 0.1) is 10.1 Å². The molecular weight excluding hydrogens is 480 g/mol. The van der Waals surface area contributed by atoms with Gasteiger partial charge in [-0.15, -0.1) is 0 Å². The maximum Gasteiger partial charge on any atom is 1.00 e. The summed E-state index contributed by atoms with van der Waals surface area (Å²) in [5, 5.41) is 12.8. The van der Waals surface area contributed by atoms with Crippen molar-refractivity contribution in [2.45, 2.75) is 6.18 Å². The molecule has 0 heterocycles. The van der Waals surface area contributed by atoms with E-state index in [1.54, 1.807) is 0 Å². The van der Waals surface area contributed by atoms with Gasteiger partial charge in [0.1, 0.15) is 17.1 Å². The number of nitro groups is 1. The van der Waals surface area contributed by atoms with Crippen LogP contribution < -0.4 is 39.6 Å². The summed E-state index contributed by atoms with van der Waals surface area (Å²) >= 11 is 5.79. The number of carbonyl (C=O) groups excluding carboxylic acids is 1. The SMILES string of the molecule is O=C(NCCS(=O)(=O)O)c1cc(Oc2ccc(C(F)(F)F)cc2Cl)ccc1[N+](=O)[O-].[Na+]. The summed E-state index contributed by atoms with van der Waals surface area (Å²) in [4.78, 5) is 22.5. The first-order valence-corrected chi connectivity index (χ1v) is 9.83. The van der Waals surface area contributed by atoms with E-state index < -0.39 is 56.2 Å². The number of nitrogens with zero attached hydrogens (tertiary/aromatic N) is 1. The summed E-state index contributed by atoms with van der Waals surface area (Å²) in [6.45, 7) is -0.523. The van der Waals surface area contributed by atoms with Crippen LogP contribution in [-0.4, -0.2) is 36.1 Å². The Balaban J connectivity index is 0.00000480. The van der Waals surface area contributed by atoms with Gasteiger partial charge in [0.15, 0.2) is 0 Å². The van der Waals surface area contributed by atoms with Gasteiger partial charge in [-0.25, -0.2) is 0 Å². The molecule has 2 N–H and O–H groups in total. The Morgan fingerprint density at radius 2 is 1.87 bits per heavy atom. The molecular formula is C16H12ClF3N2NaO7S+. The molecule has 31 heavy (non-hydrogen) atoms. The number of nitrogens with one attached hydrogen (secondary N) is 1. The number of rotatable bonds is 7. The van der Waals surface area contributed by atoms with Gasteiger partial charge >= 0.3 is 35.7 Å². The molecule has 2 aromatic rings. The van der Waals surface area contributed by atoms with Crippen molar-refractivity contribution < 1.29 is 70.2 Å². The third-order valence-corrected chi connectivity index (χ3v) is 4.56. The van der Waals surface area contributed by atoms with Crippen molar-refractivity contribution >= 4 is 33.3 Å². The van der Waals surface area contributed by atoms with Crippen LogP contribution in [0.25, 0.3) is 0 Å². The predicted molar refractivity (Wildman–Crippen MR) is 98.4 cm³/mol. The molecule has 0 saturated heterocycles. The van der Waals surface area contributed by atoms with Crippen LogP contribution in [0.3, 0.4) is 0 Å². The number of ether oxygens (including phenoxy) is 1. The Labute approximate surface area is 200 Å². The summed E-state index contributed by atoms with van der Waals surface area (Å²) < 4.78 is 73.5. The largest absolute Gasteiger partial charge is 1.00 e. The molecule has 0 aromatic heterocycles. The summed E-state index contributed by atoms with van der Waals surface area (Å²) in [6.07, 6.45) is -4.62. The molecule has 0 aliphatic heterocycles. The topological polar surface area (TPSA) is 136 Å². The normalized spacial score (nSPS) is 11.4. The summed E-state index contributed by atoms with van der Waals surface area (Å²) in [6, 6.07) is 5.25. The van der Waals surface area contributed by atoms with Gasteiger partial charge in [-0.1, -0.05) is 11.6 Å². The minimum absolute atomic E-state index is 0. The molecule has 1 amide bonds. The number of nitro benzene ring substituents is 1. The van der Waals surface area contributed by atoms with Crippen molar-refractivity contribution in [1.29, 1.82) is 0 Å². The van der Waals surface area contributed by atoms with E-state index >= 15 is 0 Å². The molecule has 2 rings (SSSR count). The maximum absolute atomic E-state index is 12.7. The fourth-order valence-electron chi connectivity index (χ4n) is 2.20. The van der Waals surface area contributed by atoms with E-state index in [2.05, 4.69) is 5.32 Å². The Bertz CT molecular complexity index is 1100. The summed E-state index contributed by atoms with van der Waals surface area (Å²) in [7, 11) is -4.36. The van der Waals surface area contributed by atoms with Crippen LogP contribution in [0.2, 0.25) is 5.02 Å². The zero-order valence-electron chi connectivity index (χ0n) is 15.6. The number of hydrogen-bond acceptors (Lipinski definition) is 6. The fraction of sp³-hybridized carbons (Fsp3) is 0.188. The standard InChI is InChI=1S/C16H12ClF3N2O7S.Na/c17-12-7-9(16(18,19)20)1-4-14(12)29-10-2-3-13(22(24)25)11(8-10)15(23)21-5-6-30(26,27)28;/h1-4,7-8H,5-6H2,(H,21,23)(H,26,27,28);/q;+1. The van der Waals surface area contributed by atoms with E-state index in [1.165, 1.54) is 0 Å². The Kier molecular flexibility index (Phi) is 9.29. The molecule has 0 atom stereocenters. The molecule has 0 fully saturated rings. The molecule has 2 aromatic carbocycles. The molecule has 15 heteroatoms. The van der Waals surface area contributed by atoms with Gasteiger partial charge in [-0.2, -0.15) is 21.6 Å². The number of amides is 1. The third kappa shape index (κ3) is 7.94. The first kappa shape index (κ1) is 27.1. The third-order valence-electron chi connectivity index (χ3n) is 3.54. The smallest absolute Gasteiger partial charge is 0.456 e. The molecule has 0 radical (unpaired) electrons. The van der Waals surface area contributed by atoms with Crippen LogP contribution in [0.1, 0.15) is 15.9 Å². The van der Waals surface area contributed by atoms with Crippen LogP contribution in [0.4, 0.5) is 18.9 Å². The molecule has 162 valence electrons. The minimum Gasteiger partial charge on any atom is -0.456 e. The number of carbonyl (C=O) groups is 1. The predicted octanol–water partition coefficient (Wildman–Crippen LogP) is 0.681. The van der Waals surface area contributed by atoms with Gasteiger partial charge < -0.3 is 10.1 Å². The van der Waals surface area contributed by atoms with E-state index in [0.29, 0.717) is 6.07 Å². The maximum atomic E-state index is 12.7. The monoisotopic (exact) mass is 491 g/mol. The Morgan fingerprint density at radius 1 is 1.23 bits per heavy atom. The van der Waals surface area contributed by atoms with Gasteiger partial charge in [0.25, 0.3) is 21.7 Å². The number of hydrogen-bond donors (Lipinski definition) is 2. The first-order valence-electron chi connectivity index (χ1n) is 7.84. The van der Waals surface area contributed by atoms with Crippen molar-refractivity contribution in [2.24, 2.45) is 0 Å². The van der Waals surface area contributed by atoms with Crippen LogP contribution in [0.15, 0.2) is 36.4 Å². The fourth-order valence-corrected chi connectivity index (χ4v) is 2.77. The average Bonchev–Trinajstić information content (AvgIpc) is 2.61. The number of alkyl halides is 3. The summed E-state index contributed by atoms with van der Waals surface area (Å²) in [5.41, 5.74) is -2.15. The molecule has 0 spiro atoms. The van der Waals surface area contributed by atoms with Gasteiger partial charge in [-0.3, -0.25) is 19.5 Å². The van der Waals surface area contributed by atoms with Crippen molar-refractivity contribution in [1.82, 2.24) is 5.32 Å². The second-order valence-corrected chi connectivity index (χ2v) is 7.70. The van der Waals surface area contributed by atoms with Crippen molar-refractivity contribution in [3.05, 3.63) is 62.7 Å². The van der Waals surface area contributed by atoms with Crippen molar-refractivity contribution in [2.75, 3.05) is 12.3 Å². The second-order valence-electron chi connectivity index (χ2n) is 5.72. The number of benzene rings is 2. The van der Waals surface area contributed by atoms with Gasteiger partial charge in [0.05, 0.1) is 21.3 Å². The van der Waals surface area contributed by atoms with Gasteiger partial charge in [0.2, 0.25) is 0 Å². The molecule has 0 aliphatic rings. The second kappa shape index (κ2) is 10.6. The molecule has 0 bridgehead atoms. The quantitative estimate of drug-likeness (QED) is 0.251. The Morgan fingerprint density at radius 3 is 2.39 bits per heavy atom. The van der Waals surface area contributed by atoms with Crippen molar-refractivity contribution in [3.8, 4) is 11.5 Å². The molecule has 0 saturated carbocycles. The van der Waals surface area contributed by atoms with Crippen LogP contribution >= 0.6 is 11.6 Å². The van der Waals surface area contributed by atoms with E-state index in [1.807, 2.05) is 0 Å².